The number of fused-ring (bicyclic) bond motifs is 3. The number of alkyl carbamates (subject to hydrolysis) is 1. The van der Waals surface area contributed by atoms with E-state index in [1.165, 1.54) is 7.11 Å². The van der Waals surface area contributed by atoms with Crippen molar-refractivity contribution in [3.05, 3.63) is 59.7 Å². The number of nitrogens with zero attached hydrogens (tertiary/aromatic N) is 1. The third-order valence-electron chi connectivity index (χ3n) is 5.90. The number of carbonyl (C=O) groups excluding carboxylic acids is 2. The van der Waals surface area contributed by atoms with Gasteiger partial charge in [-0.25, -0.2) is 9.59 Å². The second-order valence-electron chi connectivity index (χ2n) is 8.55. The third-order valence-corrected chi connectivity index (χ3v) is 5.90. The second-order valence-corrected chi connectivity index (χ2v) is 8.55. The van der Waals surface area contributed by atoms with Gasteiger partial charge in [0.15, 0.2) is 6.04 Å². The van der Waals surface area contributed by atoms with E-state index in [4.69, 9.17) is 9.47 Å². The van der Waals surface area contributed by atoms with Crippen molar-refractivity contribution in [3.8, 4) is 11.1 Å². The summed E-state index contributed by atoms with van der Waals surface area (Å²) in [5.41, 5.74) is 4.39. The number of likely N-dealkylation sites (N-methyl/N-ethyl adjacent to an activating group) is 1. The lowest BCUT2D eigenvalue weighted by Gasteiger charge is -2.25. The van der Waals surface area contributed by atoms with Crippen molar-refractivity contribution in [2.75, 3.05) is 34.4 Å². The van der Waals surface area contributed by atoms with Crippen LogP contribution < -0.4 is 10.6 Å². The first-order valence-corrected chi connectivity index (χ1v) is 11.0. The van der Waals surface area contributed by atoms with E-state index < -0.39 is 36.2 Å². The van der Waals surface area contributed by atoms with Crippen LogP contribution in [0.4, 0.5) is 4.79 Å². The largest absolute Gasteiger partial charge is 0.480 e. The highest BCUT2D eigenvalue weighted by atomic mass is 16.5. The van der Waals surface area contributed by atoms with Crippen LogP contribution in [0.2, 0.25) is 0 Å². The van der Waals surface area contributed by atoms with Gasteiger partial charge < -0.3 is 30.1 Å². The molecule has 1 unspecified atom stereocenters. The summed E-state index contributed by atoms with van der Waals surface area (Å²) in [4.78, 5) is 38.7. The molecule has 1 aliphatic rings. The minimum absolute atomic E-state index is 0.106. The van der Waals surface area contributed by atoms with Crippen LogP contribution >= 0.6 is 0 Å². The fourth-order valence-electron chi connectivity index (χ4n) is 4.11. The van der Waals surface area contributed by atoms with E-state index in [2.05, 4.69) is 10.6 Å². The first-order chi connectivity index (χ1) is 16.2. The minimum Gasteiger partial charge on any atom is -0.480 e. The van der Waals surface area contributed by atoms with E-state index in [1.54, 1.807) is 25.9 Å². The highest BCUT2D eigenvalue weighted by Crippen LogP contribution is 2.44. The van der Waals surface area contributed by atoms with Crippen LogP contribution in [0.3, 0.4) is 0 Å². The second kappa shape index (κ2) is 11.1. The standard InChI is InChI=1S/C25H31N3O6/c1-15(33-4)22(24(30)31)27-23(29)21(13-28(2)3)26-25(32)34-14-20-18-11-7-5-9-16(18)17-10-6-8-12-19(17)20/h5-12,15,20-22H,13-14H2,1-4H3,(H,26,32)(H,27,29)(H,30,31)/t15-,21?,22+/m1/s1. The molecule has 2 aromatic carbocycles. The Hall–Kier alpha value is -3.43. The Bertz CT molecular complexity index is 995. The van der Waals surface area contributed by atoms with Crippen molar-refractivity contribution in [1.82, 2.24) is 15.5 Å². The smallest absolute Gasteiger partial charge is 0.407 e. The predicted octanol–water partition coefficient (Wildman–Crippen LogP) is 2.06. The Morgan fingerprint density at radius 2 is 1.56 bits per heavy atom. The molecule has 0 saturated carbocycles. The number of carbonyl (C=O) groups is 3. The number of carboxylic acids is 1. The molecule has 0 spiro atoms. The van der Waals surface area contributed by atoms with Crippen molar-refractivity contribution in [2.24, 2.45) is 0 Å². The number of ether oxygens (including phenoxy) is 2. The number of hydrogen-bond acceptors (Lipinski definition) is 6. The average Bonchev–Trinajstić information content (AvgIpc) is 3.13. The van der Waals surface area contributed by atoms with Crippen LogP contribution in [0.5, 0.6) is 0 Å². The van der Waals surface area contributed by atoms with E-state index in [0.29, 0.717) is 0 Å². The summed E-state index contributed by atoms with van der Waals surface area (Å²) < 4.78 is 10.6. The molecule has 0 aromatic heterocycles. The van der Waals surface area contributed by atoms with Gasteiger partial charge >= 0.3 is 12.1 Å². The Labute approximate surface area is 199 Å². The molecule has 0 heterocycles. The van der Waals surface area contributed by atoms with E-state index in [9.17, 15) is 19.5 Å². The zero-order valence-electron chi connectivity index (χ0n) is 19.8. The van der Waals surface area contributed by atoms with Gasteiger partial charge in [-0.05, 0) is 43.3 Å². The number of aliphatic carboxylic acids is 1. The molecule has 34 heavy (non-hydrogen) atoms. The van der Waals surface area contributed by atoms with Gasteiger partial charge in [0.1, 0.15) is 12.6 Å². The molecule has 9 nitrogen and oxygen atoms in total. The molecule has 2 amide bonds. The zero-order valence-corrected chi connectivity index (χ0v) is 19.8. The molecule has 182 valence electrons. The summed E-state index contributed by atoms with van der Waals surface area (Å²) in [6, 6.07) is 13.7. The molecule has 0 fully saturated rings. The van der Waals surface area contributed by atoms with Gasteiger partial charge in [-0.3, -0.25) is 4.79 Å². The molecule has 3 atom stereocenters. The number of hydrogen-bond donors (Lipinski definition) is 3. The van der Waals surface area contributed by atoms with E-state index in [1.807, 2.05) is 48.5 Å². The lowest BCUT2D eigenvalue weighted by Crippen LogP contribution is -2.57. The molecule has 0 bridgehead atoms. The highest BCUT2D eigenvalue weighted by molar-refractivity contribution is 5.89. The number of rotatable bonds is 10. The summed E-state index contributed by atoms with van der Waals surface area (Å²) in [5.74, 6) is -1.98. The predicted molar refractivity (Wildman–Crippen MR) is 127 cm³/mol. The van der Waals surface area contributed by atoms with Gasteiger partial charge in [0.2, 0.25) is 5.91 Å². The monoisotopic (exact) mass is 469 g/mol. The summed E-state index contributed by atoms with van der Waals surface area (Å²) in [6.45, 7) is 1.80. The van der Waals surface area contributed by atoms with Gasteiger partial charge in [0.25, 0.3) is 0 Å². The van der Waals surface area contributed by atoms with Gasteiger partial charge in [0, 0.05) is 19.6 Å². The number of nitrogens with one attached hydrogen (secondary N) is 2. The molecule has 3 rings (SSSR count). The number of benzene rings is 2. The topological polar surface area (TPSA) is 117 Å². The van der Waals surface area contributed by atoms with Crippen LogP contribution in [0.25, 0.3) is 11.1 Å². The minimum atomic E-state index is -1.26. The SMILES string of the molecule is CO[C@H](C)[C@H](NC(=O)C(CN(C)C)NC(=O)OCC1c2ccccc2-c2ccccc21)C(=O)O. The van der Waals surface area contributed by atoms with Crippen molar-refractivity contribution in [2.45, 2.75) is 31.0 Å². The lowest BCUT2D eigenvalue weighted by molar-refractivity contribution is -0.145. The van der Waals surface area contributed by atoms with Gasteiger partial charge in [0.05, 0.1) is 6.10 Å². The Morgan fingerprint density at radius 3 is 2.06 bits per heavy atom. The molecular formula is C25H31N3O6. The maximum absolute atomic E-state index is 12.8. The molecule has 9 heteroatoms. The Kier molecular flexibility index (Phi) is 8.25. The van der Waals surface area contributed by atoms with Crippen LogP contribution in [0, 0.1) is 0 Å². The number of carboxylic acid groups (broad SMARTS) is 1. The first-order valence-electron chi connectivity index (χ1n) is 11.0. The van der Waals surface area contributed by atoms with Gasteiger partial charge in [-0.15, -0.1) is 0 Å². The highest BCUT2D eigenvalue weighted by Gasteiger charge is 2.32. The van der Waals surface area contributed by atoms with Gasteiger partial charge in [-0.2, -0.15) is 0 Å². The first kappa shape index (κ1) is 25.2. The average molecular weight is 470 g/mol. The summed E-state index contributed by atoms with van der Waals surface area (Å²) in [5, 5.41) is 14.4. The van der Waals surface area contributed by atoms with Crippen LogP contribution in [0.15, 0.2) is 48.5 Å². The fourth-order valence-corrected chi connectivity index (χ4v) is 4.11. The molecule has 0 radical (unpaired) electrons. The van der Waals surface area contributed by atoms with E-state index in [-0.39, 0.29) is 19.1 Å². The maximum Gasteiger partial charge on any atom is 0.407 e. The van der Waals surface area contributed by atoms with Crippen molar-refractivity contribution < 1.29 is 29.0 Å². The lowest BCUT2D eigenvalue weighted by atomic mass is 9.98. The molecule has 0 aliphatic heterocycles. The molecule has 0 saturated heterocycles. The van der Waals surface area contributed by atoms with Crippen LogP contribution in [-0.2, 0) is 19.1 Å². The number of amides is 2. The van der Waals surface area contributed by atoms with E-state index >= 15 is 0 Å². The summed E-state index contributed by atoms with van der Waals surface area (Å²) >= 11 is 0. The summed E-state index contributed by atoms with van der Waals surface area (Å²) in [6.07, 6.45) is -1.51. The molecule has 1 aliphatic carbocycles. The zero-order chi connectivity index (χ0) is 24.8. The van der Waals surface area contributed by atoms with Crippen LogP contribution in [-0.4, -0.2) is 80.5 Å². The van der Waals surface area contributed by atoms with E-state index in [0.717, 1.165) is 22.3 Å². The maximum atomic E-state index is 12.8. The van der Waals surface area contributed by atoms with Crippen molar-refractivity contribution in [3.63, 3.8) is 0 Å². The third kappa shape index (κ3) is 5.73. The quantitative estimate of drug-likeness (QED) is 0.488. The van der Waals surface area contributed by atoms with Crippen LogP contribution in [0.1, 0.15) is 24.0 Å². The van der Waals surface area contributed by atoms with Gasteiger partial charge in [-0.1, -0.05) is 48.5 Å². The Morgan fingerprint density at radius 1 is 1.00 bits per heavy atom. The van der Waals surface area contributed by atoms with Crippen molar-refractivity contribution >= 4 is 18.0 Å². The normalized spacial score (nSPS) is 15.1. The number of methoxy groups -OCH3 is 1. The summed E-state index contributed by atoms with van der Waals surface area (Å²) in [7, 11) is 4.84. The Balaban J connectivity index is 1.67. The van der Waals surface area contributed by atoms with Crippen molar-refractivity contribution in [1.29, 1.82) is 0 Å². The molecule has 3 N–H and O–H groups in total. The molecule has 2 aromatic rings. The molecular weight excluding hydrogens is 438 g/mol. The fraction of sp³-hybridized carbons (Fsp3) is 0.400.